The third-order valence-corrected chi connectivity index (χ3v) is 2.93. The molecule has 2 N–H and O–H groups in total. The molecule has 0 amide bonds. The number of hydrogen-bond acceptors (Lipinski definition) is 3. The Morgan fingerprint density at radius 3 is 2.79 bits per heavy atom. The highest BCUT2D eigenvalue weighted by atomic mass is 35.5. The lowest BCUT2D eigenvalue weighted by atomic mass is 10.1. The fourth-order valence-corrected chi connectivity index (χ4v) is 1.92. The van der Waals surface area contributed by atoms with Crippen LogP contribution >= 0.6 is 11.6 Å². The van der Waals surface area contributed by atoms with Gasteiger partial charge in [0.15, 0.2) is 0 Å². The fraction of sp³-hybridized carbons (Fsp3) is 0.214. The van der Waals surface area contributed by atoms with Crippen molar-refractivity contribution in [3.8, 4) is 11.3 Å². The quantitative estimate of drug-likeness (QED) is 0.879. The van der Waals surface area contributed by atoms with Crippen LogP contribution in [0.15, 0.2) is 40.8 Å². The summed E-state index contributed by atoms with van der Waals surface area (Å²) in [5.41, 5.74) is 0.809. The van der Waals surface area contributed by atoms with Gasteiger partial charge in [0.05, 0.1) is 0 Å². The first-order chi connectivity index (χ1) is 9.06. The molecule has 1 aromatic heterocycles. The topological polar surface area (TPSA) is 70.7 Å². The Morgan fingerprint density at radius 1 is 1.32 bits per heavy atom. The first-order valence-electron chi connectivity index (χ1n) is 5.82. The normalized spacial score (nSPS) is 12.3. The maximum atomic E-state index is 10.4. The molecule has 1 heterocycles. The SMILES string of the molecule is O=C(O)CCC(O)c1ccc(-c2cccc(Cl)c2)o1. The van der Waals surface area contributed by atoms with Gasteiger partial charge >= 0.3 is 5.97 Å². The van der Waals surface area contributed by atoms with Crippen LogP contribution in [0.5, 0.6) is 0 Å². The van der Waals surface area contributed by atoms with E-state index in [9.17, 15) is 9.90 Å². The van der Waals surface area contributed by atoms with Gasteiger partial charge in [-0.2, -0.15) is 0 Å². The molecule has 1 unspecified atom stereocenters. The van der Waals surface area contributed by atoms with Gasteiger partial charge in [-0.05, 0) is 30.7 Å². The summed E-state index contributed by atoms with van der Waals surface area (Å²) < 4.78 is 5.52. The van der Waals surface area contributed by atoms with Gasteiger partial charge in [-0.3, -0.25) is 4.79 Å². The van der Waals surface area contributed by atoms with Gasteiger partial charge in [-0.25, -0.2) is 0 Å². The lowest BCUT2D eigenvalue weighted by molar-refractivity contribution is -0.137. The van der Waals surface area contributed by atoms with E-state index in [2.05, 4.69) is 0 Å². The largest absolute Gasteiger partial charge is 0.481 e. The van der Waals surface area contributed by atoms with Gasteiger partial charge in [0.1, 0.15) is 17.6 Å². The van der Waals surface area contributed by atoms with Crippen LogP contribution in [0, 0.1) is 0 Å². The minimum Gasteiger partial charge on any atom is -0.481 e. The summed E-state index contributed by atoms with van der Waals surface area (Å²) in [6, 6.07) is 10.5. The maximum Gasteiger partial charge on any atom is 0.303 e. The average molecular weight is 281 g/mol. The van der Waals surface area contributed by atoms with Crippen molar-refractivity contribution in [3.05, 3.63) is 47.2 Å². The van der Waals surface area contributed by atoms with Gasteiger partial charge in [0.2, 0.25) is 0 Å². The summed E-state index contributed by atoms with van der Waals surface area (Å²) in [4.78, 5) is 10.4. The Bertz CT molecular complexity index is 576. The molecule has 5 heteroatoms. The zero-order chi connectivity index (χ0) is 13.8. The molecule has 100 valence electrons. The van der Waals surface area contributed by atoms with Crippen molar-refractivity contribution in [2.24, 2.45) is 0 Å². The van der Waals surface area contributed by atoms with Crippen molar-refractivity contribution >= 4 is 17.6 Å². The summed E-state index contributed by atoms with van der Waals surface area (Å²) in [6.45, 7) is 0. The Morgan fingerprint density at radius 2 is 2.11 bits per heavy atom. The van der Waals surface area contributed by atoms with Crippen molar-refractivity contribution in [2.75, 3.05) is 0 Å². The molecule has 2 aromatic rings. The van der Waals surface area contributed by atoms with Gasteiger partial charge in [0.25, 0.3) is 0 Å². The van der Waals surface area contributed by atoms with E-state index in [4.69, 9.17) is 21.1 Å². The fourth-order valence-electron chi connectivity index (χ4n) is 1.73. The monoisotopic (exact) mass is 280 g/mol. The first kappa shape index (κ1) is 13.6. The summed E-state index contributed by atoms with van der Waals surface area (Å²) >= 11 is 5.89. The van der Waals surface area contributed by atoms with Crippen LogP contribution in [-0.4, -0.2) is 16.2 Å². The Balaban J connectivity index is 2.12. The summed E-state index contributed by atoms with van der Waals surface area (Å²) in [6.07, 6.45) is -0.893. The number of aliphatic hydroxyl groups is 1. The van der Waals surface area contributed by atoms with Crippen LogP contribution in [0.2, 0.25) is 5.02 Å². The van der Waals surface area contributed by atoms with Crippen molar-refractivity contribution in [1.82, 2.24) is 0 Å². The van der Waals surface area contributed by atoms with E-state index in [0.717, 1.165) is 5.56 Å². The zero-order valence-electron chi connectivity index (χ0n) is 10.0. The van der Waals surface area contributed by atoms with Gasteiger partial charge in [0, 0.05) is 17.0 Å². The molecule has 19 heavy (non-hydrogen) atoms. The number of furan rings is 1. The van der Waals surface area contributed by atoms with Crippen molar-refractivity contribution in [1.29, 1.82) is 0 Å². The first-order valence-corrected chi connectivity index (χ1v) is 6.19. The Hall–Kier alpha value is -1.78. The van der Waals surface area contributed by atoms with E-state index in [1.54, 1.807) is 30.3 Å². The van der Waals surface area contributed by atoms with Crippen molar-refractivity contribution < 1.29 is 19.4 Å². The standard InChI is InChI=1S/C14H13ClO4/c15-10-3-1-2-9(8-10)12-5-6-13(19-12)11(16)4-7-14(17)18/h1-3,5-6,8,11,16H,4,7H2,(H,17,18). The van der Waals surface area contributed by atoms with E-state index in [1.807, 2.05) is 6.07 Å². The third kappa shape index (κ3) is 3.59. The highest BCUT2D eigenvalue weighted by Crippen LogP contribution is 2.28. The second-order valence-corrected chi connectivity index (χ2v) is 4.60. The molecule has 0 saturated carbocycles. The molecule has 0 aliphatic rings. The van der Waals surface area contributed by atoms with E-state index >= 15 is 0 Å². The Kier molecular flexibility index (Phi) is 4.24. The number of aliphatic carboxylic acids is 1. The third-order valence-electron chi connectivity index (χ3n) is 2.70. The molecule has 1 aromatic carbocycles. The smallest absolute Gasteiger partial charge is 0.303 e. The molecule has 2 rings (SSSR count). The molecular formula is C14H13ClO4. The highest BCUT2D eigenvalue weighted by Gasteiger charge is 2.14. The summed E-state index contributed by atoms with van der Waals surface area (Å²) in [5.74, 6) is 0.00349. The second-order valence-electron chi connectivity index (χ2n) is 4.16. The number of aliphatic hydroxyl groups excluding tert-OH is 1. The van der Waals surface area contributed by atoms with Crippen LogP contribution in [0.4, 0.5) is 0 Å². The number of carbonyl (C=O) groups is 1. The van der Waals surface area contributed by atoms with E-state index < -0.39 is 12.1 Å². The number of carboxylic acid groups (broad SMARTS) is 1. The molecule has 0 spiro atoms. The number of rotatable bonds is 5. The van der Waals surface area contributed by atoms with E-state index in [1.165, 1.54) is 0 Å². The van der Waals surface area contributed by atoms with Gasteiger partial charge < -0.3 is 14.6 Å². The molecule has 0 aliphatic heterocycles. The van der Waals surface area contributed by atoms with Crippen LogP contribution in [0.1, 0.15) is 24.7 Å². The molecule has 0 bridgehead atoms. The lowest BCUT2D eigenvalue weighted by Gasteiger charge is -2.05. The molecule has 1 atom stereocenters. The number of benzene rings is 1. The molecule has 0 aliphatic carbocycles. The number of hydrogen-bond donors (Lipinski definition) is 2. The molecule has 0 fully saturated rings. The van der Waals surface area contributed by atoms with Gasteiger partial charge in [-0.1, -0.05) is 23.7 Å². The highest BCUT2D eigenvalue weighted by molar-refractivity contribution is 6.30. The predicted molar refractivity (Wildman–Crippen MR) is 71.0 cm³/mol. The number of carboxylic acids is 1. The summed E-state index contributed by atoms with van der Waals surface area (Å²) in [7, 11) is 0. The average Bonchev–Trinajstić information content (AvgIpc) is 2.85. The molecule has 4 nitrogen and oxygen atoms in total. The second kappa shape index (κ2) is 5.91. The molecule has 0 radical (unpaired) electrons. The zero-order valence-corrected chi connectivity index (χ0v) is 10.8. The van der Waals surface area contributed by atoms with Gasteiger partial charge in [-0.15, -0.1) is 0 Å². The van der Waals surface area contributed by atoms with E-state index in [-0.39, 0.29) is 12.8 Å². The Labute approximate surface area is 115 Å². The van der Waals surface area contributed by atoms with Crippen LogP contribution in [0.3, 0.4) is 0 Å². The number of halogens is 1. The van der Waals surface area contributed by atoms with Crippen LogP contribution in [0.25, 0.3) is 11.3 Å². The van der Waals surface area contributed by atoms with Crippen LogP contribution < -0.4 is 0 Å². The maximum absolute atomic E-state index is 10.4. The minimum absolute atomic E-state index is 0.103. The van der Waals surface area contributed by atoms with Crippen molar-refractivity contribution in [2.45, 2.75) is 18.9 Å². The lowest BCUT2D eigenvalue weighted by Crippen LogP contribution is -2.01. The van der Waals surface area contributed by atoms with Crippen molar-refractivity contribution in [3.63, 3.8) is 0 Å². The molecule has 0 saturated heterocycles. The predicted octanol–water partition coefficient (Wildman–Crippen LogP) is 3.50. The van der Waals surface area contributed by atoms with E-state index in [0.29, 0.717) is 16.5 Å². The molecular weight excluding hydrogens is 268 g/mol. The summed E-state index contributed by atoms with van der Waals surface area (Å²) in [5, 5.41) is 19.0. The van der Waals surface area contributed by atoms with Crippen LogP contribution in [-0.2, 0) is 4.79 Å². The minimum atomic E-state index is -0.944.